The van der Waals surface area contributed by atoms with Gasteiger partial charge < -0.3 is 84.4 Å². The summed E-state index contributed by atoms with van der Waals surface area (Å²) in [6.07, 6.45) is 7.06. The minimum absolute atomic E-state index is 0.00453. The molecule has 16 N–H and O–H groups in total. The van der Waals surface area contributed by atoms with Crippen molar-refractivity contribution in [3.05, 3.63) is 108 Å². The van der Waals surface area contributed by atoms with Gasteiger partial charge in [0.2, 0.25) is 70.9 Å². The number of imidazole rings is 2. The molecule has 12 atom stereocenters. The fraction of sp³-hybridized carbons (Fsp3) is 0.583. The van der Waals surface area contributed by atoms with E-state index in [0.717, 1.165) is 0 Å². The lowest BCUT2D eigenvalue weighted by molar-refractivity contribution is -0.143. The van der Waals surface area contributed by atoms with Gasteiger partial charge in [0.15, 0.2) is 0 Å². The first-order valence-corrected chi connectivity index (χ1v) is 35.8. The molecular weight excluding hydrogens is 1310 g/mol. The highest BCUT2D eigenvalue weighted by molar-refractivity contribution is 6.01. The standard InChI is InChI=1S/C72H106N18O12/c1-41(2)31-51-63(93)85-55(33-45-19-11-9-12-20-45)71(101)89-29-17-25-57(89)67(97)83-54(36-48-38-76-40-78-48)66(96)88-60(44(7)8)70(100)80-50(24-16-28-74)62(92)82-52(32-42(3)4)64(94)86-56(34-46-21-13-10-14-22-46)72(102)90-30-18-26-58(90)68(98)84-53(35-47-37-75-39-77-47)65(95)87-59(43(5)6)69(99)79-49(23-15-27-73)61(91)81-51/h9-14,19-22,37-44,49-60H,15-18,23-36,73-74H2,1-8H3,(H,75,77)(H,76,78)(H,79,99)(H,80,100)(H,81,91)(H,82,92)(H,83,97)(H,84,98)(H,85,93)(H,86,94)(H,87,95)(H,88,96)/t49-,50-,51-,52-,53+,54+,55+,56+,57-,58-,59-,60-/m0/s1. The van der Waals surface area contributed by atoms with Crippen LogP contribution >= 0.6 is 0 Å². The number of aromatic nitrogens is 4. The van der Waals surface area contributed by atoms with Crippen LogP contribution in [0.3, 0.4) is 0 Å². The molecule has 7 rings (SSSR count). The molecule has 3 saturated heterocycles. The maximum absolute atomic E-state index is 15.2. The molecule has 5 heterocycles. The maximum atomic E-state index is 15.2. The van der Waals surface area contributed by atoms with Gasteiger partial charge in [-0.3, -0.25) is 57.5 Å². The number of rotatable bonds is 20. The summed E-state index contributed by atoms with van der Waals surface area (Å²) in [5.41, 5.74) is 14.2. The highest BCUT2D eigenvalue weighted by atomic mass is 16.2. The minimum atomic E-state index is -1.38. The highest BCUT2D eigenvalue weighted by Crippen LogP contribution is 2.24. The smallest absolute Gasteiger partial charge is 0.246 e. The second-order valence-corrected chi connectivity index (χ2v) is 28.4. The Morgan fingerprint density at radius 1 is 0.392 bits per heavy atom. The van der Waals surface area contributed by atoms with Crippen LogP contribution in [-0.4, -0.2) is 199 Å². The Morgan fingerprint density at radius 3 is 1.04 bits per heavy atom. The number of fused-ring (bicyclic) bond motifs is 2. The van der Waals surface area contributed by atoms with E-state index in [9.17, 15) is 47.9 Å². The molecule has 0 saturated carbocycles. The van der Waals surface area contributed by atoms with Gasteiger partial charge in [0.25, 0.3) is 0 Å². The summed E-state index contributed by atoms with van der Waals surface area (Å²) in [4.78, 5) is 195. The number of aromatic amines is 2. The van der Waals surface area contributed by atoms with E-state index in [-0.39, 0.29) is 115 Å². The van der Waals surface area contributed by atoms with Crippen molar-refractivity contribution in [3.63, 3.8) is 0 Å². The van der Waals surface area contributed by atoms with E-state index in [0.29, 0.717) is 35.4 Å². The Hall–Kier alpha value is -9.58. The molecule has 4 aromatic rings. The number of nitrogens with zero attached hydrogens (tertiary/aromatic N) is 4. The van der Waals surface area contributed by atoms with Crippen molar-refractivity contribution < 1.29 is 57.5 Å². The molecule has 0 bridgehead atoms. The third-order valence-corrected chi connectivity index (χ3v) is 18.5. The van der Waals surface area contributed by atoms with Crippen LogP contribution in [0.25, 0.3) is 0 Å². The molecule has 3 aliphatic heterocycles. The molecule has 102 heavy (non-hydrogen) atoms. The predicted molar refractivity (Wildman–Crippen MR) is 379 cm³/mol. The van der Waals surface area contributed by atoms with E-state index in [1.54, 1.807) is 88.4 Å². The number of carbonyl (C=O) groups excluding carboxylic acids is 12. The van der Waals surface area contributed by atoms with Crippen molar-refractivity contribution in [3.8, 4) is 0 Å². The van der Waals surface area contributed by atoms with Gasteiger partial charge in [0.05, 0.1) is 12.7 Å². The van der Waals surface area contributed by atoms with E-state index in [2.05, 4.69) is 73.1 Å². The average Bonchev–Trinajstić information content (AvgIpc) is 1.64. The quantitative estimate of drug-likeness (QED) is 0.0559. The Kier molecular flexibility index (Phi) is 30.5. The third-order valence-electron chi connectivity index (χ3n) is 18.5. The molecular formula is C72H106N18O12. The van der Waals surface area contributed by atoms with Crippen molar-refractivity contribution >= 4 is 70.9 Å². The lowest BCUT2D eigenvalue weighted by Crippen LogP contribution is -2.62. The van der Waals surface area contributed by atoms with Gasteiger partial charge in [-0.15, -0.1) is 0 Å². The Balaban J connectivity index is 1.28. The van der Waals surface area contributed by atoms with Crippen LogP contribution in [0.1, 0.15) is 142 Å². The number of amides is 12. The number of benzene rings is 2. The normalized spacial score (nSPS) is 25.7. The Morgan fingerprint density at radius 2 is 0.716 bits per heavy atom. The van der Waals surface area contributed by atoms with Crippen LogP contribution < -0.4 is 64.6 Å². The first-order valence-electron chi connectivity index (χ1n) is 35.8. The summed E-state index contributed by atoms with van der Waals surface area (Å²) in [7, 11) is 0. The van der Waals surface area contributed by atoms with Gasteiger partial charge in [-0.2, -0.15) is 0 Å². The van der Waals surface area contributed by atoms with Gasteiger partial charge in [-0.25, -0.2) is 9.97 Å². The summed E-state index contributed by atoms with van der Waals surface area (Å²) in [5.74, 6) is -10.4. The minimum Gasteiger partial charge on any atom is -0.348 e. The fourth-order valence-electron chi connectivity index (χ4n) is 13.1. The number of hydrogen-bond donors (Lipinski definition) is 14. The van der Waals surface area contributed by atoms with Gasteiger partial charge in [0, 0.05) is 62.6 Å². The zero-order valence-corrected chi connectivity index (χ0v) is 59.9. The Labute approximate surface area is 596 Å². The molecule has 2 aromatic heterocycles. The number of H-pyrrole nitrogens is 2. The number of nitrogens with one attached hydrogen (secondary N) is 12. The first-order chi connectivity index (χ1) is 48.7. The lowest BCUT2D eigenvalue weighted by atomic mass is 9.99. The zero-order valence-electron chi connectivity index (χ0n) is 59.9. The van der Waals surface area contributed by atoms with Crippen LogP contribution in [-0.2, 0) is 83.2 Å². The van der Waals surface area contributed by atoms with Crippen LogP contribution in [0.4, 0.5) is 0 Å². The lowest BCUT2D eigenvalue weighted by Gasteiger charge is -2.32. The van der Waals surface area contributed by atoms with Gasteiger partial charge >= 0.3 is 0 Å². The monoisotopic (exact) mass is 1410 g/mol. The van der Waals surface area contributed by atoms with Crippen molar-refractivity contribution in [1.82, 2.24) is 82.9 Å². The number of hydrogen-bond acceptors (Lipinski definition) is 16. The first kappa shape index (κ1) is 79.7. The molecule has 0 radical (unpaired) electrons. The molecule has 2 aromatic carbocycles. The second-order valence-electron chi connectivity index (χ2n) is 28.4. The van der Waals surface area contributed by atoms with E-state index < -0.39 is 155 Å². The van der Waals surface area contributed by atoms with Crippen LogP contribution in [0.5, 0.6) is 0 Å². The zero-order chi connectivity index (χ0) is 74.2. The second kappa shape index (κ2) is 39.0. The molecule has 0 unspecified atom stereocenters. The summed E-state index contributed by atoms with van der Waals surface area (Å²) < 4.78 is 0. The van der Waals surface area contributed by atoms with Gasteiger partial charge in [-0.05, 0) is 112 Å². The number of nitrogens with two attached hydrogens (primary N) is 2. The van der Waals surface area contributed by atoms with E-state index in [1.807, 2.05) is 27.7 Å². The molecule has 30 heteroatoms. The summed E-state index contributed by atoms with van der Waals surface area (Å²) in [6.45, 7) is 14.5. The van der Waals surface area contributed by atoms with Crippen LogP contribution in [0.15, 0.2) is 85.7 Å². The average molecular weight is 1420 g/mol. The molecule has 12 amide bonds. The summed E-state index contributed by atoms with van der Waals surface area (Å²) in [6, 6.07) is 2.30. The SMILES string of the molecule is CC(C)C[C@@H]1NC(=O)[C@H](CCCN)NC(=O)[C@H](C(C)C)NC(=O)[C@@H](Cc2cnc[nH]2)NC(=O)[C@@H]2CCCN2C(=O)[C@@H](Cc2ccccc2)NC(=O)[C@H](CC(C)C)NC(=O)[C@H](CCCN)NC(=O)[C@H](C(C)C)NC(=O)[C@@H](Cc2cnc[nH]2)NC(=O)[C@@H]2CCCN2C(=O)[C@@H](Cc2ccccc2)NC1=O. The summed E-state index contributed by atoms with van der Waals surface area (Å²) >= 11 is 0. The highest BCUT2D eigenvalue weighted by Gasteiger charge is 2.44. The third kappa shape index (κ3) is 23.2. The van der Waals surface area contributed by atoms with Crippen LogP contribution in [0.2, 0.25) is 0 Å². The topological polar surface area (TPSA) is 441 Å². The summed E-state index contributed by atoms with van der Waals surface area (Å²) in [5, 5.41) is 28.4. The molecule has 0 spiro atoms. The largest absolute Gasteiger partial charge is 0.348 e. The fourth-order valence-corrected chi connectivity index (χ4v) is 13.1. The molecule has 3 fully saturated rings. The van der Waals surface area contributed by atoms with Gasteiger partial charge in [0.1, 0.15) is 72.5 Å². The van der Waals surface area contributed by atoms with Gasteiger partial charge in [-0.1, -0.05) is 116 Å². The van der Waals surface area contributed by atoms with E-state index in [4.69, 9.17) is 11.5 Å². The van der Waals surface area contributed by atoms with Crippen molar-refractivity contribution in [2.24, 2.45) is 35.1 Å². The molecule has 556 valence electrons. The van der Waals surface area contributed by atoms with E-state index in [1.165, 1.54) is 34.8 Å². The predicted octanol–water partition coefficient (Wildman–Crippen LogP) is 0.129. The molecule has 0 aliphatic carbocycles. The molecule has 30 nitrogen and oxygen atoms in total. The maximum Gasteiger partial charge on any atom is 0.246 e. The van der Waals surface area contributed by atoms with Crippen molar-refractivity contribution in [2.75, 3.05) is 26.2 Å². The van der Waals surface area contributed by atoms with Crippen LogP contribution in [0, 0.1) is 23.7 Å². The molecule has 3 aliphatic rings. The van der Waals surface area contributed by atoms with E-state index >= 15 is 9.59 Å². The Bertz CT molecular complexity index is 3220. The van der Waals surface area contributed by atoms with Crippen molar-refractivity contribution in [2.45, 2.75) is 218 Å². The number of carbonyl (C=O) groups is 12. The van der Waals surface area contributed by atoms with Crippen molar-refractivity contribution in [1.29, 1.82) is 0 Å².